The van der Waals surface area contributed by atoms with Crippen LogP contribution in [0.15, 0.2) is 61.1 Å². The number of halogens is 4. The molecule has 4 rings (SSSR count). The topological polar surface area (TPSA) is 94.0 Å². The largest absolute Gasteiger partial charge is 0.495 e. The lowest BCUT2D eigenvalue weighted by Gasteiger charge is -2.13. The van der Waals surface area contributed by atoms with E-state index >= 15 is 0 Å². The molecule has 192 valence electrons. The third-order valence-corrected chi connectivity index (χ3v) is 5.58. The number of alkyl halides is 3. The van der Waals surface area contributed by atoms with E-state index in [1.807, 2.05) is 20.0 Å². The standard InChI is InChI=1S/C25H22ClF3N6O2/c1-14(2)35-13-16(11-31-35)22-19(26)12-30-24(34-22)33-20-8-7-15(9-21(20)37-3)23(36)32-18-6-4-5-17(10-18)25(27,28)29/h4-14H,1-3H3,(H,32,36)(H,30,33,34). The maximum Gasteiger partial charge on any atom is 0.416 e. The van der Waals surface area contributed by atoms with Gasteiger partial charge in [-0.2, -0.15) is 18.3 Å². The Morgan fingerprint density at radius 2 is 1.92 bits per heavy atom. The van der Waals surface area contributed by atoms with Crippen LogP contribution in [0.25, 0.3) is 11.3 Å². The highest BCUT2D eigenvalue weighted by molar-refractivity contribution is 6.32. The van der Waals surface area contributed by atoms with Crippen molar-refractivity contribution in [3.63, 3.8) is 0 Å². The average molecular weight is 531 g/mol. The van der Waals surface area contributed by atoms with Gasteiger partial charge in [0.1, 0.15) is 5.75 Å². The summed E-state index contributed by atoms with van der Waals surface area (Å²) >= 11 is 6.32. The molecule has 0 saturated carbocycles. The Kier molecular flexibility index (Phi) is 7.35. The second-order valence-electron chi connectivity index (χ2n) is 8.27. The van der Waals surface area contributed by atoms with Gasteiger partial charge >= 0.3 is 6.18 Å². The molecule has 0 unspecified atom stereocenters. The van der Waals surface area contributed by atoms with E-state index in [0.717, 1.165) is 17.7 Å². The molecule has 0 bridgehead atoms. The number of hydrogen-bond donors (Lipinski definition) is 2. The summed E-state index contributed by atoms with van der Waals surface area (Å²) in [6, 6.07) is 9.09. The monoisotopic (exact) mass is 530 g/mol. The van der Waals surface area contributed by atoms with E-state index in [9.17, 15) is 18.0 Å². The van der Waals surface area contributed by atoms with Crippen molar-refractivity contribution >= 4 is 34.8 Å². The van der Waals surface area contributed by atoms with Crippen LogP contribution >= 0.6 is 11.6 Å². The Balaban J connectivity index is 1.55. The Morgan fingerprint density at radius 3 is 2.59 bits per heavy atom. The third kappa shape index (κ3) is 6.00. The van der Waals surface area contributed by atoms with E-state index in [2.05, 4.69) is 25.7 Å². The zero-order chi connectivity index (χ0) is 26.7. The molecule has 0 radical (unpaired) electrons. The summed E-state index contributed by atoms with van der Waals surface area (Å²) < 4.78 is 46.1. The molecule has 2 N–H and O–H groups in total. The molecule has 37 heavy (non-hydrogen) atoms. The van der Waals surface area contributed by atoms with Crippen molar-refractivity contribution in [1.29, 1.82) is 0 Å². The molecule has 0 aliphatic heterocycles. The molecule has 12 heteroatoms. The van der Waals surface area contributed by atoms with Crippen molar-refractivity contribution in [3.8, 4) is 17.0 Å². The maximum absolute atomic E-state index is 13.0. The highest BCUT2D eigenvalue weighted by Crippen LogP contribution is 2.32. The fourth-order valence-corrected chi connectivity index (χ4v) is 3.61. The van der Waals surface area contributed by atoms with E-state index in [-0.39, 0.29) is 23.2 Å². The molecule has 2 aromatic carbocycles. The predicted octanol–water partition coefficient (Wildman–Crippen LogP) is 6.60. The van der Waals surface area contributed by atoms with Crippen LogP contribution < -0.4 is 15.4 Å². The van der Waals surface area contributed by atoms with Crippen LogP contribution in [-0.2, 0) is 6.18 Å². The number of anilines is 3. The summed E-state index contributed by atoms with van der Waals surface area (Å²) in [5.41, 5.74) is 1.01. The lowest BCUT2D eigenvalue weighted by atomic mass is 10.1. The SMILES string of the molecule is COc1cc(C(=O)Nc2cccc(C(F)(F)F)c2)ccc1Nc1ncc(Cl)c(-c2cnn(C(C)C)c2)n1. The van der Waals surface area contributed by atoms with Gasteiger partial charge in [-0.1, -0.05) is 17.7 Å². The van der Waals surface area contributed by atoms with Crippen LogP contribution in [-0.4, -0.2) is 32.8 Å². The van der Waals surface area contributed by atoms with Crippen LogP contribution in [0.5, 0.6) is 5.75 Å². The van der Waals surface area contributed by atoms with Crippen LogP contribution in [0, 0.1) is 0 Å². The van der Waals surface area contributed by atoms with Crippen molar-refractivity contribution in [1.82, 2.24) is 19.7 Å². The molecule has 4 aromatic rings. The van der Waals surface area contributed by atoms with Crippen molar-refractivity contribution < 1.29 is 22.7 Å². The van der Waals surface area contributed by atoms with Crippen molar-refractivity contribution in [3.05, 3.63) is 77.2 Å². The summed E-state index contributed by atoms with van der Waals surface area (Å²) in [4.78, 5) is 21.4. The minimum Gasteiger partial charge on any atom is -0.495 e. The van der Waals surface area contributed by atoms with Crippen molar-refractivity contribution in [2.24, 2.45) is 0 Å². The number of hydrogen-bond acceptors (Lipinski definition) is 6. The molecule has 0 saturated heterocycles. The molecule has 2 aromatic heterocycles. The Hall–Kier alpha value is -4.12. The molecular weight excluding hydrogens is 509 g/mol. The van der Waals surface area contributed by atoms with Crippen molar-refractivity contribution in [2.45, 2.75) is 26.1 Å². The van der Waals surface area contributed by atoms with E-state index in [1.54, 1.807) is 16.9 Å². The highest BCUT2D eigenvalue weighted by Gasteiger charge is 2.30. The summed E-state index contributed by atoms with van der Waals surface area (Å²) in [5, 5.41) is 10.2. The van der Waals surface area contributed by atoms with Gasteiger partial charge in [0.25, 0.3) is 5.91 Å². The van der Waals surface area contributed by atoms with E-state index in [4.69, 9.17) is 16.3 Å². The number of benzene rings is 2. The van der Waals surface area contributed by atoms with E-state index < -0.39 is 17.6 Å². The van der Waals surface area contributed by atoms with Crippen LogP contribution in [0.1, 0.15) is 35.8 Å². The molecule has 0 aliphatic rings. The van der Waals surface area contributed by atoms with Crippen molar-refractivity contribution in [2.75, 3.05) is 17.7 Å². The second-order valence-corrected chi connectivity index (χ2v) is 8.67. The molecule has 0 atom stereocenters. The average Bonchev–Trinajstić information content (AvgIpc) is 3.35. The first-order valence-corrected chi connectivity index (χ1v) is 11.4. The van der Waals surface area contributed by atoms with Gasteiger partial charge in [-0.3, -0.25) is 9.48 Å². The number of nitrogens with zero attached hydrogens (tertiary/aromatic N) is 4. The fraction of sp³-hybridized carbons (Fsp3) is 0.200. The Bertz CT molecular complexity index is 1440. The Morgan fingerprint density at radius 1 is 1.14 bits per heavy atom. The zero-order valence-corrected chi connectivity index (χ0v) is 20.7. The summed E-state index contributed by atoms with van der Waals surface area (Å²) in [6.07, 6.45) is 0.440. The third-order valence-electron chi connectivity index (χ3n) is 5.31. The second kappa shape index (κ2) is 10.5. The van der Waals surface area contributed by atoms with Gasteiger partial charge in [0.05, 0.1) is 41.5 Å². The van der Waals surface area contributed by atoms with Gasteiger partial charge in [-0.25, -0.2) is 9.97 Å². The smallest absolute Gasteiger partial charge is 0.416 e. The van der Waals surface area contributed by atoms with Gasteiger partial charge in [0, 0.05) is 29.1 Å². The number of nitrogens with one attached hydrogen (secondary N) is 2. The normalized spacial score (nSPS) is 11.5. The number of carbonyl (C=O) groups excluding carboxylic acids is 1. The first-order chi connectivity index (χ1) is 17.5. The van der Waals surface area contributed by atoms with Gasteiger partial charge in [-0.05, 0) is 50.2 Å². The first kappa shape index (κ1) is 26.0. The molecule has 1 amide bonds. The number of carbonyl (C=O) groups is 1. The number of ether oxygens (including phenoxy) is 1. The molecule has 0 fully saturated rings. The van der Waals surface area contributed by atoms with Gasteiger partial charge in [0.15, 0.2) is 0 Å². The lowest BCUT2D eigenvalue weighted by molar-refractivity contribution is -0.137. The minimum atomic E-state index is -4.52. The molecular formula is C25H22ClF3N6O2. The molecule has 0 aliphatic carbocycles. The maximum atomic E-state index is 13.0. The molecule has 8 nitrogen and oxygen atoms in total. The lowest BCUT2D eigenvalue weighted by Crippen LogP contribution is -2.13. The van der Waals surface area contributed by atoms with Crippen LogP contribution in [0.3, 0.4) is 0 Å². The van der Waals surface area contributed by atoms with Gasteiger partial charge in [-0.15, -0.1) is 0 Å². The zero-order valence-electron chi connectivity index (χ0n) is 20.0. The number of amides is 1. The summed E-state index contributed by atoms with van der Waals surface area (Å²) in [5.74, 6) is -0.0723. The van der Waals surface area contributed by atoms with Crippen LogP contribution in [0.4, 0.5) is 30.5 Å². The van der Waals surface area contributed by atoms with Crippen LogP contribution in [0.2, 0.25) is 5.02 Å². The molecule has 0 spiro atoms. The van der Waals surface area contributed by atoms with E-state index in [1.165, 1.54) is 37.6 Å². The van der Waals surface area contributed by atoms with Gasteiger partial charge in [0.2, 0.25) is 5.95 Å². The fourth-order valence-electron chi connectivity index (χ4n) is 3.41. The van der Waals surface area contributed by atoms with E-state index in [0.29, 0.717) is 22.2 Å². The summed E-state index contributed by atoms with van der Waals surface area (Å²) in [7, 11) is 1.42. The Labute approximate surface area is 215 Å². The quantitative estimate of drug-likeness (QED) is 0.280. The van der Waals surface area contributed by atoms with Gasteiger partial charge < -0.3 is 15.4 Å². The molecule has 2 heterocycles. The number of rotatable bonds is 7. The first-order valence-electron chi connectivity index (χ1n) is 11.1. The highest BCUT2D eigenvalue weighted by atomic mass is 35.5. The number of aromatic nitrogens is 4. The summed E-state index contributed by atoms with van der Waals surface area (Å²) in [6.45, 7) is 4.00. The number of methoxy groups -OCH3 is 1. The predicted molar refractivity (Wildman–Crippen MR) is 134 cm³/mol. The minimum absolute atomic E-state index is 0.0175.